The van der Waals surface area contributed by atoms with Crippen molar-refractivity contribution in [3.63, 3.8) is 0 Å². The van der Waals surface area contributed by atoms with Gasteiger partial charge in [0.15, 0.2) is 0 Å². The van der Waals surface area contributed by atoms with Crippen molar-refractivity contribution < 1.29 is 0 Å². The molecule has 2 aromatic rings. The van der Waals surface area contributed by atoms with Crippen LogP contribution in [-0.4, -0.2) is 41.1 Å². The molecule has 1 saturated heterocycles. The van der Waals surface area contributed by atoms with Crippen molar-refractivity contribution in [1.29, 1.82) is 0 Å². The molecular weight excluding hydrogens is 366 g/mol. The van der Waals surface area contributed by atoms with Gasteiger partial charge in [-0.3, -0.25) is 0 Å². The quantitative estimate of drug-likeness (QED) is 0.814. The van der Waals surface area contributed by atoms with Gasteiger partial charge in [0, 0.05) is 32.4 Å². The lowest BCUT2D eigenvalue weighted by Crippen LogP contribution is -2.44. The zero-order valence-electron chi connectivity index (χ0n) is 12.3. The SMILES string of the molecule is CN(c1ncc(Cl)cn1)C1CCN(c2ncccc2Br)CC1. The van der Waals surface area contributed by atoms with Gasteiger partial charge >= 0.3 is 0 Å². The minimum Gasteiger partial charge on any atom is -0.356 e. The van der Waals surface area contributed by atoms with E-state index in [1.807, 2.05) is 25.4 Å². The van der Waals surface area contributed by atoms with Gasteiger partial charge in [0.05, 0.1) is 21.9 Å². The number of pyridine rings is 1. The summed E-state index contributed by atoms with van der Waals surface area (Å²) in [5.74, 6) is 1.74. The summed E-state index contributed by atoms with van der Waals surface area (Å²) in [7, 11) is 2.04. The summed E-state index contributed by atoms with van der Waals surface area (Å²) in [5, 5.41) is 0.562. The fourth-order valence-corrected chi connectivity index (χ4v) is 3.33. The Morgan fingerprint density at radius 1 is 1.23 bits per heavy atom. The maximum absolute atomic E-state index is 5.84. The fourth-order valence-electron chi connectivity index (χ4n) is 2.73. The number of anilines is 2. The maximum Gasteiger partial charge on any atom is 0.225 e. The first kappa shape index (κ1) is 15.5. The number of piperidine rings is 1. The Morgan fingerprint density at radius 3 is 2.55 bits per heavy atom. The predicted octanol–water partition coefficient (Wildman–Crippen LogP) is 3.39. The summed E-state index contributed by atoms with van der Waals surface area (Å²) in [6, 6.07) is 4.40. The van der Waals surface area contributed by atoms with E-state index in [9.17, 15) is 0 Å². The second-order valence-corrected chi connectivity index (χ2v) is 6.63. The minimum absolute atomic E-state index is 0.430. The summed E-state index contributed by atoms with van der Waals surface area (Å²) in [5.41, 5.74) is 0. The third-order valence-electron chi connectivity index (χ3n) is 3.97. The molecule has 0 aromatic carbocycles. The normalized spacial score (nSPS) is 15.9. The van der Waals surface area contributed by atoms with Crippen molar-refractivity contribution >= 4 is 39.3 Å². The van der Waals surface area contributed by atoms with E-state index in [1.165, 1.54) is 0 Å². The molecule has 7 heteroatoms. The summed E-state index contributed by atoms with van der Waals surface area (Å²) in [6.07, 6.45) is 7.21. The molecule has 3 rings (SSSR count). The van der Waals surface area contributed by atoms with Crippen LogP contribution in [0.3, 0.4) is 0 Å². The molecule has 116 valence electrons. The number of nitrogens with zero attached hydrogens (tertiary/aromatic N) is 5. The van der Waals surface area contributed by atoms with Crippen molar-refractivity contribution in [2.24, 2.45) is 0 Å². The number of hydrogen-bond acceptors (Lipinski definition) is 5. The lowest BCUT2D eigenvalue weighted by atomic mass is 10.0. The minimum atomic E-state index is 0.430. The van der Waals surface area contributed by atoms with Crippen LogP contribution in [0.2, 0.25) is 5.02 Å². The first-order valence-corrected chi connectivity index (χ1v) is 8.38. The van der Waals surface area contributed by atoms with Crippen LogP contribution in [0.25, 0.3) is 0 Å². The highest BCUT2D eigenvalue weighted by atomic mass is 79.9. The van der Waals surface area contributed by atoms with Gasteiger partial charge in [0.2, 0.25) is 5.95 Å². The maximum atomic E-state index is 5.84. The molecule has 0 saturated carbocycles. The van der Waals surface area contributed by atoms with Gasteiger partial charge in [0.25, 0.3) is 0 Å². The van der Waals surface area contributed by atoms with Crippen molar-refractivity contribution in [2.75, 3.05) is 29.9 Å². The van der Waals surface area contributed by atoms with Gasteiger partial charge in [-0.2, -0.15) is 0 Å². The van der Waals surface area contributed by atoms with Crippen molar-refractivity contribution in [3.8, 4) is 0 Å². The molecule has 3 heterocycles. The van der Waals surface area contributed by atoms with Crippen LogP contribution in [-0.2, 0) is 0 Å². The van der Waals surface area contributed by atoms with Gasteiger partial charge in [-0.1, -0.05) is 11.6 Å². The highest BCUT2D eigenvalue weighted by molar-refractivity contribution is 9.10. The first-order chi connectivity index (χ1) is 10.6. The molecular formula is C15H17BrClN5. The number of halogens is 2. The van der Waals surface area contributed by atoms with Crippen molar-refractivity contribution in [2.45, 2.75) is 18.9 Å². The van der Waals surface area contributed by atoms with Crippen LogP contribution in [0.5, 0.6) is 0 Å². The van der Waals surface area contributed by atoms with Gasteiger partial charge in [-0.15, -0.1) is 0 Å². The van der Waals surface area contributed by atoms with E-state index in [1.54, 1.807) is 12.4 Å². The van der Waals surface area contributed by atoms with Crippen LogP contribution in [0.4, 0.5) is 11.8 Å². The lowest BCUT2D eigenvalue weighted by Gasteiger charge is -2.37. The van der Waals surface area contributed by atoms with E-state index in [0.29, 0.717) is 11.1 Å². The predicted molar refractivity (Wildman–Crippen MR) is 92.6 cm³/mol. The zero-order valence-corrected chi connectivity index (χ0v) is 14.6. The highest BCUT2D eigenvalue weighted by Crippen LogP contribution is 2.27. The van der Waals surface area contributed by atoms with Crippen molar-refractivity contribution in [1.82, 2.24) is 15.0 Å². The molecule has 1 aliphatic rings. The molecule has 1 fully saturated rings. The molecule has 0 N–H and O–H groups in total. The average Bonchev–Trinajstić information content (AvgIpc) is 2.56. The standard InChI is InChI=1S/C15H17BrClN5/c1-21(15-19-9-11(17)10-20-15)12-4-7-22(8-5-12)14-13(16)3-2-6-18-14/h2-3,6,9-10,12H,4-5,7-8H2,1H3. The summed E-state index contributed by atoms with van der Waals surface area (Å²) >= 11 is 9.41. The topological polar surface area (TPSA) is 45.2 Å². The number of aromatic nitrogens is 3. The van der Waals surface area contributed by atoms with Crippen LogP contribution in [0.1, 0.15) is 12.8 Å². The Balaban J connectivity index is 1.64. The molecule has 0 spiro atoms. The molecule has 1 aliphatic heterocycles. The van der Waals surface area contributed by atoms with E-state index in [-0.39, 0.29) is 0 Å². The third kappa shape index (κ3) is 3.33. The Morgan fingerprint density at radius 2 is 1.91 bits per heavy atom. The summed E-state index contributed by atoms with van der Waals surface area (Å²) in [4.78, 5) is 17.5. The van der Waals surface area contributed by atoms with Gasteiger partial charge < -0.3 is 9.80 Å². The fraction of sp³-hybridized carbons (Fsp3) is 0.400. The van der Waals surface area contributed by atoms with E-state index in [2.05, 4.69) is 40.7 Å². The summed E-state index contributed by atoms with van der Waals surface area (Å²) < 4.78 is 1.04. The Labute approximate surface area is 143 Å². The molecule has 0 radical (unpaired) electrons. The van der Waals surface area contributed by atoms with E-state index < -0.39 is 0 Å². The largest absolute Gasteiger partial charge is 0.356 e. The van der Waals surface area contributed by atoms with Gasteiger partial charge in [-0.05, 0) is 40.9 Å². The average molecular weight is 383 g/mol. The van der Waals surface area contributed by atoms with Crippen molar-refractivity contribution in [3.05, 3.63) is 40.2 Å². The van der Waals surface area contributed by atoms with Crippen LogP contribution in [0.15, 0.2) is 35.2 Å². The van der Waals surface area contributed by atoms with Gasteiger partial charge in [-0.25, -0.2) is 15.0 Å². The smallest absolute Gasteiger partial charge is 0.225 e. The zero-order chi connectivity index (χ0) is 15.5. The van der Waals surface area contributed by atoms with Crippen LogP contribution < -0.4 is 9.80 Å². The Hall–Kier alpha value is -1.40. The summed E-state index contributed by atoms with van der Waals surface area (Å²) in [6.45, 7) is 1.94. The molecule has 0 aliphatic carbocycles. The van der Waals surface area contributed by atoms with Crippen LogP contribution in [0, 0.1) is 0 Å². The van der Waals surface area contributed by atoms with E-state index >= 15 is 0 Å². The number of rotatable bonds is 3. The first-order valence-electron chi connectivity index (χ1n) is 7.21. The highest BCUT2D eigenvalue weighted by Gasteiger charge is 2.25. The second kappa shape index (κ2) is 6.79. The molecule has 2 aromatic heterocycles. The second-order valence-electron chi connectivity index (χ2n) is 5.34. The Bertz CT molecular complexity index is 628. The molecule has 5 nitrogen and oxygen atoms in total. The monoisotopic (exact) mass is 381 g/mol. The molecule has 0 bridgehead atoms. The van der Waals surface area contributed by atoms with E-state index in [4.69, 9.17) is 11.6 Å². The van der Waals surface area contributed by atoms with Crippen LogP contribution >= 0.6 is 27.5 Å². The van der Waals surface area contributed by atoms with Gasteiger partial charge in [0.1, 0.15) is 5.82 Å². The molecule has 0 atom stereocenters. The van der Waals surface area contributed by atoms with E-state index in [0.717, 1.165) is 42.2 Å². The lowest BCUT2D eigenvalue weighted by molar-refractivity contribution is 0.475. The molecule has 0 amide bonds. The number of hydrogen-bond donors (Lipinski definition) is 0. The third-order valence-corrected chi connectivity index (χ3v) is 4.79. The molecule has 0 unspecified atom stereocenters. The molecule has 22 heavy (non-hydrogen) atoms. The Kier molecular flexibility index (Phi) is 4.78.